The van der Waals surface area contributed by atoms with Gasteiger partial charge in [0.2, 0.25) is 0 Å². The summed E-state index contributed by atoms with van der Waals surface area (Å²) in [7, 11) is 0. The molecule has 1 saturated carbocycles. The average molecular weight is 228 g/mol. The van der Waals surface area contributed by atoms with Gasteiger partial charge in [-0.1, -0.05) is 6.42 Å². The normalized spacial score (nSPS) is 41.4. The van der Waals surface area contributed by atoms with Crippen LogP contribution in [-0.4, -0.2) is 54.5 Å². The van der Waals surface area contributed by atoms with Crippen molar-refractivity contribution in [3.63, 3.8) is 0 Å². The summed E-state index contributed by atoms with van der Waals surface area (Å²) < 4.78 is 5.54. The number of hydrogen-bond donors (Lipinski definition) is 2. The second-order valence-corrected chi connectivity index (χ2v) is 5.30. The van der Waals surface area contributed by atoms with E-state index in [9.17, 15) is 0 Å². The van der Waals surface area contributed by atoms with E-state index in [2.05, 4.69) is 11.8 Å². The van der Waals surface area contributed by atoms with Crippen LogP contribution in [0.1, 0.15) is 26.2 Å². The second-order valence-electron chi connectivity index (χ2n) is 5.30. The van der Waals surface area contributed by atoms with Crippen LogP contribution < -0.4 is 5.73 Å². The molecule has 0 amide bonds. The highest BCUT2D eigenvalue weighted by Gasteiger charge is 2.31. The van der Waals surface area contributed by atoms with Crippen LogP contribution in [0.4, 0.5) is 0 Å². The van der Waals surface area contributed by atoms with Crippen molar-refractivity contribution in [2.45, 2.75) is 44.4 Å². The van der Waals surface area contributed by atoms with Gasteiger partial charge in [-0.25, -0.2) is 0 Å². The van der Waals surface area contributed by atoms with Crippen LogP contribution >= 0.6 is 0 Å². The van der Waals surface area contributed by atoms with Gasteiger partial charge in [-0.3, -0.25) is 4.90 Å². The van der Waals surface area contributed by atoms with E-state index >= 15 is 0 Å². The Morgan fingerprint density at radius 3 is 2.88 bits per heavy atom. The van der Waals surface area contributed by atoms with Crippen molar-refractivity contribution >= 4 is 0 Å². The fraction of sp³-hybridized carbons (Fsp3) is 1.00. The third-order valence-corrected chi connectivity index (χ3v) is 4.03. The highest BCUT2D eigenvalue weighted by atomic mass is 16.5. The van der Waals surface area contributed by atoms with E-state index in [0.29, 0.717) is 18.0 Å². The van der Waals surface area contributed by atoms with Crippen LogP contribution in [0.2, 0.25) is 0 Å². The lowest BCUT2D eigenvalue weighted by molar-refractivity contribution is -0.0816. The lowest BCUT2D eigenvalue weighted by Crippen LogP contribution is -2.52. The zero-order chi connectivity index (χ0) is 11.5. The molecular weight excluding hydrogens is 204 g/mol. The minimum absolute atomic E-state index is 0.00572. The molecular formula is C12H24N2O2. The Morgan fingerprint density at radius 2 is 2.25 bits per heavy atom. The van der Waals surface area contributed by atoms with Crippen molar-refractivity contribution in [1.29, 1.82) is 0 Å². The van der Waals surface area contributed by atoms with Gasteiger partial charge in [-0.2, -0.15) is 0 Å². The lowest BCUT2D eigenvalue weighted by Gasteiger charge is -2.39. The summed E-state index contributed by atoms with van der Waals surface area (Å²) in [6.45, 7) is 4.96. The number of nitrogens with zero attached hydrogens (tertiary/aromatic N) is 1. The first-order valence-electron chi connectivity index (χ1n) is 6.42. The van der Waals surface area contributed by atoms with Crippen LogP contribution in [0.25, 0.3) is 0 Å². The Balaban J connectivity index is 1.86. The summed E-state index contributed by atoms with van der Waals surface area (Å²) in [5, 5.41) is 9.13. The number of aliphatic hydroxyl groups excluding tert-OH is 1. The van der Waals surface area contributed by atoms with E-state index in [4.69, 9.17) is 15.6 Å². The fourth-order valence-corrected chi connectivity index (χ4v) is 2.83. The van der Waals surface area contributed by atoms with E-state index in [-0.39, 0.29) is 12.7 Å². The molecule has 0 bridgehead atoms. The lowest BCUT2D eigenvalue weighted by atomic mass is 10.0. The summed E-state index contributed by atoms with van der Waals surface area (Å²) in [6, 6.07) is 0.832. The van der Waals surface area contributed by atoms with Gasteiger partial charge in [0.1, 0.15) is 0 Å². The average Bonchev–Trinajstić information content (AvgIpc) is 2.68. The van der Waals surface area contributed by atoms with E-state index in [1.165, 1.54) is 19.3 Å². The standard InChI is InChI=1S/C12H24N2O2/c1-9-8-16-11(7-15)6-14(9)5-10-3-2-4-12(10)13/h9-12,15H,2-8,13H2,1H3. The smallest absolute Gasteiger partial charge is 0.0933 e. The van der Waals surface area contributed by atoms with Crippen molar-refractivity contribution in [2.75, 3.05) is 26.3 Å². The van der Waals surface area contributed by atoms with Crippen LogP contribution in [0, 0.1) is 5.92 Å². The molecule has 1 saturated heterocycles. The van der Waals surface area contributed by atoms with Gasteiger partial charge in [0.25, 0.3) is 0 Å². The molecule has 4 unspecified atom stereocenters. The molecule has 0 aromatic heterocycles. The number of hydrogen-bond acceptors (Lipinski definition) is 4. The summed E-state index contributed by atoms with van der Waals surface area (Å²) in [5.41, 5.74) is 6.10. The molecule has 4 heteroatoms. The highest BCUT2D eigenvalue weighted by Crippen LogP contribution is 2.26. The predicted molar refractivity (Wildman–Crippen MR) is 63.2 cm³/mol. The molecule has 3 N–H and O–H groups in total. The topological polar surface area (TPSA) is 58.7 Å². The molecule has 4 nitrogen and oxygen atoms in total. The van der Waals surface area contributed by atoms with E-state index < -0.39 is 0 Å². The third-order valence-electron chi connectivity index (χ3n) is 4.03. The molecule has 0 spiro atoms. The summed E-state index contributed by atoms with van der Waals surface area (Å²) in [4.78, 5) is 2.43. The largest absolute Gasteiger partial charge is 0.394 e. The van der Waals surface area contributed by atoms with Gasteiger partial charge < -0.3 is 15.6 Å². The predicted octanol–water partition coefficient (Wildman–Crippen LogP) is 0.195. The zero-order valence-corrected chi connectivity index (χ0v) is 10.1. The van der Waals surface area contributed by atoms with Crippen molar-refractivity contribution in [1.82, 2.24) is 4.90 Å². The molecule has 16 heavy (non-hydrogen) atoms. The molecule has 2 rings (SSSR count). The first-order chi connectivity index (χ1) is 7.70. The molecule has 0 radical (unpaired) electrons. The van der Waals surface area contributed by atoms with Crippen LogP contribution in [0.3, 0.4) is 0 Å². The summed E-state index contributed by atoms with van der Waals surface area (Å²) >= 11 is 0. The Hall–Kier alpha value is -0.160. The molecule has 2 fully saturated rings. The van der Waals surface area contributed by atoms with Gasteiger partial charge in [0, 0.05) is 25.2 Å². The minimum atomic E-state index is -0.00572. The third kappa shape index (κ3) is 2.74. The van der Waals surface area contributed by atoms with E-state index in [1.54, 1.807) is 0 Å². The monoisotopic (exact) mass is 228 g/mol. The fourth-order valence-electron chi connectivity index (χ4n) is 2.83. The number of aliphatic hydroxyl groups is 1. The molecule has 1 aliphatic carbocycles. The van der Waals surface area contributed by atoms with E-state index in [0.717, 1.165) is 19.7 Å². The van der Waals surface area contributed by atoms with Gasteiger partial charge in [-0.05, 0) is 25.7 Å². The maximum atomic E-state index is 9.13. The van der Waals surface area contributed by atoms with E-state index in [1.807, 2.05) is 0 Å². The van der Waals surface area contributed by atoms with Gasteiger partial charge >= 0.3 is 0 Å². The first kappa shape index (κ1) is 12.3. The van der Waals surface area contributed by atoms with Crippen molar-refractivity contribution in [3.05, 3.63) is 0 Å². The highest BCUT2D eigenvalue weighted by molar-refractivity contribution is 4.86. The maximum absolute atomic E-state index is 9.13. The quantitative estimate of drug-likeness (QED) is 0.724. The number of ether oxygens (including phenoxy) is 1. The SMILES string of the molecule is CC1COC(CO)CN1CC1CCCC1N. The Bertz CT molecular complexity index is 225. The van der Waals surface area contributed by atoms with Gasteiger partial charge in [-0.15, -0.1) is 0 Å². The number of nitrogens with two attached hydrogens (primary N) is 1. The Kier molecular flexibility index (Phi) is 4.19. The zero-order valence-electron chi connectivity index (χ0n) is 10.1. The molecule has 1 aliphatic heterocycles. The molecule has 94 valence electrons. The Labute approximate surface area is 97.7 Å². The summed E-state index contributed by atoms with van der Waals surface area (Å²) in [6.07, 6.45) is 3.70. The van der Waals surface area contributed by atoms with Crippen molar-refractivity contribution < 1.29 is 9.84 Å². The van der Waals surface area contributed by atoms with Gasteiger partial charge in [0.15, 0.2) is 0 Å². The molecule has 0 aromatic carbocycles. The number of rotatable bonds is 3. The van der Waals surface area contributed by atoms with Crippen LogP contribution in [0.15, 0.2) is 0 Å². The Morgan fingerprint density at radius 1 is 1.44 bits per heavy atom. The summed E-state index contributed by atoms with van der Waals surface area (Å²) in [5.74, 6) is 0.639. The second kappa shape index (κ2) is 5.45. The number of morpholine rings is 1. The first-order valence-corrected chi connectivity index (χ1v) is 6.42. The molecule has 2 aliphatic rings. The molecule has 4 atom stereocenters. The van der Waals surface area contributed by atoms with Crippen molar-refractivity contribution in [3.8, 4) is 0 Å². The maximum Gasteiger partial charge on any atom is 0.0933 e. The minimum Gasteiger partial charge on any atom is -0.394 e. The molecule has 0 aromatic rings. The van der Waals surface area contributed by atoms with Gasteiger partial charge in [0.05, 0.1) is 19.3 Å². The molecule has 1 heterocycles. The van der Waals surface area contributed by atoms with Crippen LogP contribution in [0.5, 0.6) is 0 Å². The van der Waals surface area contributed by atoms with Crippen LogP contribution in [-0.2, 0) is 4.74 Å². The van der Waals surface area contributed by atoms with Crippen molar-refractivity contribution in [2.24, 2.45) is 11.7 Å².